The van der Waals surface area contributed by atoms with Gasteiger partial charge in [0.05, 0.1) is 5.60 Å². The predicted molar refractivity (Wildman–Crippen MR) is 102 cm³/mol. The van der Waals surface area contributed by atoms with Crippen molar-refractivity contribution < 1.29 is 9.84 Å². The Balaban J connectivity index is 1.93. The van der Waals surface area contributed by atoms with Crippen LogP contribution in [0.2, 0.25) is 0 Å². The van der Waals surface area contributed by atoms with Gasteiger partial charge in [-0.3, -0.25) is 0 Å². The summed E-state index contributed by atoms with van der Waals surface area (Å²) >= 11 is 0. The van der Waals surface area contributed by atoms with Crippen molar-refractivity contribution in [1.29, 1.82) is 0 Å². The Labute approximate surface area is 151 Å². The molecule has 0 radical (unpaired) electrons. The van der Waals surface area contributed by atoms with Crippen molar-refractivity contribution in [3.8, 4) is 0 Å². The highest BCUT2D eigenvalue weighted by Gasteiger charge is 2.37. The van der Waals surface area contributed by atoms with Gasteiger partial charge in [0.1, 0.15) is 6.10 Å². The Bertz CT molecular complexity index is 675. The summed E-state index contributed by atoms with van der Waals surface area (Å²) < 4.78 is 5.84. The third-order valence-electron chi connectivity index (χ3n) is 5.60. The molecule has 1 fully saturated rings. The predicted octanol–water partition coefficient (Wildman–Crippen LogP) is 4.11. The molecule has 1 aliphatic rings. The number of hydrogen-bond donors (Lipinski definition) is 1. The van der Waals surface area contributed by atoms with Gasteiger partial charge in [-0.1, -0.05) is 54.6 Å². The highest BCUT2D eigenvalue weighted by molar-refractivity contribution is 5.39. The van der Waals surface area contributed by atoms with Crippen molar-refractivity contribution in [2.75, 3.05) is 21.2 Å². The normalized spacial score (nSPS) is 25.1. The maximum atomic E-state index is 11.4. The van der Waals surface area contributed by atoms with Crippen LogP contribution in [0.4, 0.5) is 0 Å². The lowest BCUT2D eigenvalue weighted by molar-refractivity contribution is -0.0214. The summed E-state index contributed by atoms with van der Waals surface area (Å²) in [7, 11) is 5.99. The zero-order valence-electron chi connectivity index (χ0n) is 15.5. The molecule has 2 aromatic carbocycles. The SMILES string of the molecule is COC(c1ccccc1)c1ccccc1C1(O)CCC(N(C)C)CC1. The van der Waals surface area contributed by atoms with Crippen LogP contribution in [0.1, 0.15) is 48.5 Å². The van der Waals surface area contributed by atoms with Gasteiger partial charge in [-0.15, -0.1) is 0 Å². The Kier molecular flexibility index (Phi) is 5.57. The van der Waals surface area contributed by atoms with Gasteiger partial charge in [-0.25, -0.2) is 0 Å². The molecule has 1 unspecified atom stereocenters. The molecule has 3 rings (SSSR count). The van der Waals surface area contributed by atoms with Crippen molar-refractivity contribution in [2.24, 2.45) is 0 Å². The van der Waals surface area contributed by atoms with Crippen molar-refractivity contribution in [1.82, 2.24) is 4.90 Å². The molecular formula is C22H29NO2. The van der Waals surface area contributed by atoms with E-state index in [1.165, 1.54) is 0 Å². The van der Waals surface area contributed by atoms with E-state index < -0.39 is 5.60 Å². The number of benzene rings is 2. The van der Waals surface area contributed by atoms with Crippen molar-refractivity contribution in [3.05, 3.63) is 71.3 Å². The second-order valence-electron chi connectivity index (χ2n) is 7.34. The molecule has 0 aromatic heterocycles. The number of methoxy groups -OCH3 is 1. The van der Waals surface area contributed by atoms with Gasteiger partial charge in [0, 0.05) is 13.2 Å². The summed E-state index contributed by atoms with van der Waals surface area (Å²) in [6.07, 6.45) is 3.45. The van der Waals surface area contributed by atoms with Gasteiger partial charge in [0.2, 0.25) is 0 Å². The third kappa shape index (κ3) is 3.79. The highest BCUT2D eigenvalue weighted by atomic mass is 16.5. The number of ether oxygens (including phenoxy) is 1. The molecule has 1 atom stereocenters. The average molecular weight is 339 g/mol. The van der Waals surface area contributed by atoms with Crippen molar-refractivity contribution in [3.63, 3.8) is 0 Å². The van der Waals surface area contributed by atoms with Gasteiger partial charge in [-0.05, 0) is 56.5 Å². The topological polar surface area (TPSA) is 32.7 Å². The van der Waals surface area contributed by atoms with E-state index in [9.17, 15) is 5.11 Å². The van der Waals surface area contributed by atoms with Gasteiger partial charge in [0.15, 0.2) is 0 Å². The second kappa shape index (κ2) is 7.69. The van der Waals surface area contributed by atoms with Crippen LogP contribution in [0.25, 0.3) is 0 Å². The van der Waals surface area contributed by atoms with E-state index in [2.05, 4.69) is 43.3 Å². The van der Waals surface area contributed by atoms with E-state index in [-0.39, 0.29) is 6.10 Å². The van der Waals surface area contributed by atoms with Crippen molar-refractivity contribution >= 4 is 0 Å². The standard InChI is InChI=1S/C22H29NO2/c1-23(2)18-13-15-22(24,16-14-18)20-12-8-7-11-19(20)21(25-3)17-9-5-4-6-10-17/h4-12,18,21,24H,13-16H2,1-3H3. The van der Waals surface area contributed by atoms with E-state index in [1.54, 1.807) is 7.11 Å². The maximum Gasteiger partial charge on any atom is 0.108 e. The summed E-state index contributed by atoms with van der Waals surface area (Å²) in [4.78, 5) is 2.27. The zero-order valence-corrected chi connectivity index (χ0v) is 15.5. The third-order valence-corrected chi connectivity index (χ3v) is 5.60. The molecule has 1 saturated carbocycles. The minimum atomic E-state index is -0.769. The lowest BCUT2D eigenvalue weighted by Crippen LogP contribution is -2.39. The van der Waals surface area contributed by atoms with E-state index >= 15 is 0 Å². The molecule has 2 aromatic rings. The van der Waals surface area contributed by atoms with E-state index in [0.717, 1.165) is 42.4 Å². The molecule has 1 N–H and O–H groups in total. The number of nitrogens with zero attached hydrogens (tertiary/aromatic N) is 1. The molecule has 0 spiro atoms. The lowest BCUT2D eigenvalue weighted by atomic mass is 9.75. The summed E-state index contributed by atoms with van der Waals surface area (Å²) in [6, 6.07) is 19.0. The number of hydrogen-bond acceptors (Lipinski definition) is 3. The molecule has 0 heterocycles. The summed E-state index contributed by atoms with van der Waals surface area (Å²) in [6.45, 7) is 0. The second-order valence-corrected chi connectivity index (χ2v) is 7.34. The fraction of sp³-hybridized carbons (Fsp3) is 0.455. The van der Waals surface area contributed by atoms with E-state index in [0.29, 0.717) is 6.04 Å². The Morgan fingerprint density at radius 1 is 1.00 bits per heavy atom. The molecule has 1 aliphatic carbocycles. The van der Waals surface area contributed by atoms with E-state index in [4.69, 9.17) is 4.74 Å². The lowest BCUT2D eigenvalue weighted by Gasteiger charge is -2.40. The molecule has 134 valence electrons. The van der Waals surface area contributed by atoms with Crippen molar-refractivity contribution in [2.45, 2.75) is 43.4 Å². The average Bonchev–Trinajstić information content (AvgIpc) is 2.64. The molecule has 0 aliphatic heterocycles. The van der Waals surface area contributed by atoms with Crippen LogP contribution in [0.3, 0.4) is 0 Å². The largest absolute Gasteiger partial charge is 0.385 e. The minimum absolute atomic E-state index is 0.159. The number of rotatable bonds is 5. The van der Waals surface area contributed by atoms with Gasteiger partial charge < -0.3 is 14.7 Å². The van der Waals surface area contributed by atoms with Gasteiger partial charge >= 0.3 is 0 Å². The quantitative estimate of drug-likeness (QED) is 0.890. The first-order chi connectivity index (χ1) is 12.0. The van der Waals surface area contributed by atoms with Crippen LogP contribution in [-0.4, -0.2) is 37.3 Å². The van der Waals surface area contributed by atoms with Crippen LogP contribution >= 0.6 is 0 Å². The zero-order chi connectivity index (χ0) is 17.9. The molecule has 3 nitrogen and oxygen atoms in total. The minimum Gasteiger partial charge on any atom is -0.385 e. The van der Waals surface area contributed by atoms with Crippen LogP contribution in [-0.2, 0) is 10.3 Å². The summed E-state index contributed by atoms with van der Waals surface area (Å²) in [5.74, 6) is 0. The summed E-state index contributed by atoms with van der Waals surface area (Å²) in [5, 5.41) is 11.4. The first kappa shape index (κ1) is 18.1. The Hall–Kier alpha value is -1.68. The van der Waals surface area contributed by atoms with Crippen LogP contribution in [0.15, 0.2) is 54.6 Å². The number of aliphatic hydroxyl groups is 1. The van der Waals surface area contributed by atoms with Gasteiger partial charge in [0.25, 0.3) is 0 Å². The first-order valence-electron chi connectivity index (χ1n) is 9.11. The molecule has 3 heteroatoms. The molecule has 25 heavy (non-hydrogen) atoms. The van der Waals surface area contributed by atoms with Crippen LogP contribution in [0.5, 0.6) is 0 Å². The maximum absolute atomic E-state index is 11.4. The molecular weight excluding hydrogens is 310 g/mol. The Morgan fingerprint density at radius 2 is 1.60 bits per heavy atom. The van der Waals surface area contributed by atoms with Crippen LogP contribution < -0.4 is 0 Å². The fourth-order valence-electron chi connectivity index (χ4n) is 4.09. The monoisotopic (exact) mass is 339 g/mol. The van der Waals surface area contributed by atoms with E-state index in [1.807, 2.05) is 30.3 Å². The van der Waals surface area contributed by atoms with Gasteiger partial charge in [-0.2, -0.15) is 0 Å². The highest BCUT2D eigenvalue weighted by Crippen LogP contribution is 2.42. The summed E-state index contributed by atoms with van der Waals surface area (Å²) in [5.41, 5.74) is 2.43. The molecule has 0 amide bonds. The van der Waals surface area contributed by atoms with Crippen LogP contribution in [0, 0.1) is 0 Å². The smallest absolute Gasteiger partial charge is 0.108 e. The molecule has 0 bridgehead atoms. The fourth-order valence-corrected chi connectivity index (χ4v) is 4.09. The first-order valence-corrected chi connectivity index (χ1v) is 9.11. The Morgan fingerprint density at radius 3 is 2.20 bits per heavy atom. The molecule has 0 saturated heterocycles.